The number of rotatable bonds is 3. The minimum Gasteiger partial charge on any atom is -0.388 e. The van der Waals surface area contributed by atoms with Crippen LogP contribution in [0.25, 0.3) is 10.8 Å². The topological polar surface area (TPSA) is 33.1 Å². The molecule has 1 aromatic heterocycles. The molecule has 100 valence electrons. The Balaban J connectivity index is 1.97. The third-order valence-electron chi connectivity index (χ3n) is 3.44. The van der Waals surface area contributed by atoms with Crippen LogP contribution in [0.4, 0.5) is 0 Å². The summed E-state index contributed by atoms with van der Waals surface area (Å²) in [5, 5.41) is 12.7. The van der Waals surface area contributed by atoms with Gasteiger partial charge in [-0.25, -0.2) is 0 Å². The van der Waals surface area contributed by atoms with Gasteiger partial charge in [0, 0.05) is 28.7 Å². The van der Waals surface area contributed by atoms with E-state index in [0.717, 1.165) is 26.4 Å². The molecule has 2 aromatic carbocycles. The van der Waals surface area contributed by atoms with E-state index < -0.39 is 6.10 Å². The van der Waals surface area contributed by atoms with Gasteiger partial charge in [-0.1, -0.05) is 52.3 Å². The number of fused-ring (bicyclic) bond motifs is 1. The first-order chi connectivity index (χ1) is 9.75. The zero-order chi connectivity index (χ0) is 13.9. The quantitative estimate of drug-likeness (QED) is 0.779. The van der Waals surface area contributed by atoms with Crippen LogP contribution in [0.1, 0.15) is 17.2 Å². The monoisotopic (exact) mass is 327 g/mol. The zero-order valence-electron chi connectivity index (χ0n) is 10.8. The predicted molar refractivity (Wildman–Crippen MR) is 84.5 cm³/mol. The molecule has 3 rings (SSSR count). The summed E-state index contributed by atoms with van der Waals surface area (Å²) >= 11 is 3.53. The Morgan fingerprint density at radius 1 is 1.05 bits per heavy atom. The minimum absolute atomic E-state index is 0.528. The van der Waals surface area contributed by atoms with Gasteiger partial charge in [-0.15, -0.1) is 0 Å². The summed E-state index contributed by atoms with van der Waals surface area (Å²) in [6.07, 6.45) is 3.64. The Morgan fingerprint density at radius 2 is 1.90 bits per heavy atom. The fourth-order valence-electron chi connectivity index (χ4n) is 2.42. The predicted octanol–water partition coefficient (Wildman–Crippen LogP) is 4.27. The smallest absolute Gasteiger partial charge is 0.0836 e. The van der Waals surface area contributed by atoms with E-state index in [4.69, 9.17) is 0 Å². The third-order valence-corrected chi connectivity index (χ3v) is 4.22. The maximum atomic E-state index is 10.6. The van der Waals surface area contributed by atoms with Crippen molar-refractivity contribution in [2.24, 2.45) is 0 Å². The molecule has 3 aromatic rings. The molecule has 0 saturated carbocycles. The first kappa shape index (κ1) is 13.3. The lowest BCUT2D eigenvalue weighted by molar-refractivity contribution is 0.180. The molecule has 3 heteroatoms. The molecule has 20 heavy (non-hydrogen) atoms. The molecule has 0 saturated heterocycles. The summed E-state index contributed by atoms with van der Waals surface area (Å²) in [6.45, 7) is 0. The lowest BCUT2D eigenvalue weighted by Gasteiger charge is -2.14. The SMILES string of the molecule is OC(Cc1ccccc1Br)c1cccc2cnccc12. The standard InChI is InChI=1S/C17H14BrNO/c18-16-7-2-1-4-12(16)10-17(20)15-6-3-5-13-11-19-9-8-14(13)15/h1-9,11,17,20H,10H2. The minimum atomic E-state index is -0.528. The molecule has 0 aliphatic heterocycles. The van der Waals surface area contributed by atoms with Crippen molar-refractivity contribution in [3.05, 3.63) is 76.5 Å². The molecule has 0 aliphatic carbocycles. The molecule has 0 radical (unpaired) electrons. The summed E-state index contributed by atoms with van der Waals surface area (Å²) in [7, 11) is 0. The van der Waals surface area contributed by atoms with Gasteiger partial charge >= 0.3 is 0 Å². The van der Waals surface area contributed by atoms with E-state index in [1.54, 1.807) is 6.20 Å². The van der Waals surface area contributed by atoms with Crippen LogP contribution in [-0.2, 0) is 6.42 Å². The second-order valence-electron chi connectivity index (χ2n) is 4.76. The van der Waals surface area contributed by atoms with Gasteiger partial charge in [0.2, 0.25) is 0 Å². The largest absolute Gasteiger partial charge is 0.388 e. The van der Waals surface area contributed by atoms with Crippen molar-refractivity contribution in [3.63, 3.8) is 0 Å². The highest BCUT2D eigenvalue weighted by atomic mass is 79.9. The molecule has 0 bridgehead atoms. The summed E-state index contributed by atoms with van der Waals surface area (Å²) < 4.78 is 1.03. The number of hydrogen-bond donors (Lipinski definition) is 1. The first-order valence-corrected chi connectivity index (χ1v) is 7.29. The van der Waals surface area contributed by atoms with Crippen molar-refractivity contribution in [2.75, 3.05) is 0 Å². The first-order valence-electron chi connectivity index (χ1n) is 6.50. The van der Waals surface area contributed by atoms with Crippen molar-refractivity contribution in [3.8, 4) is 0 Å². The summed E-state index contributed by atoms with van der Waals surface area (Å²) in [4.78, 5) is 4.12. The maximum absolute atomic E-state index is 10.6. The number of aromatic nitrogens is 1. The van der Waals surface area contributed by atoms with E-state index >= 15 is 0 Å². The Kier molecular flexibility index (Phi) is 3.81. The Bertz CT molecular complexity index is 736. The van der Waals surface area contributed by atoms with Gasteiger partial charge in [0.05, 0.1) is 6.10 Å². The normalized spacial score (nSPS) is 12.5. The molecule has 2 nitrogen and oxygen atoms in total. The number of pyridine rings is 1. The van der Waals surface area contributed by atoms with Crippen LogP contribution in [0.2, 0.25) is 0 Å². The van der Waals surface area contributed by atoms with Crippen LogP contribution in [0.3, 0.4) is 0 Å². The van der Waals surface area contributed by atoms with E-state index in [2.05, 4.69) is 20.9 Å². The van der Waals surface area contributed by atoms with E-state index in [1.807, 2.05) is 54.7 Å². The highest BCUT2D eigenvalue weighted by molar-refractivity contribution is 9.10. The second-order valence-corrected chi connectivity index (χ2v) is 5.61. The number of aliphatic hydroxyl groups is 1. The molecule has 1 unspecified atom stereocenters. The molecule has 1 heterocycles. The van der Waals surface area contributed by atoms with Gasteiger partial charge < -0.3 is 5.11 Å². The molecule has 1 N–H and O–H groups in total. The van der Waals surface area contributed by atoms with E-state index in [-0.39, 0.29) is 0 Å². The van der Waals surface area contributed by atoms with Gasteiger partial charge in [-0.05, 0) is 28.6 Å². The van der Waals surface area contributed by atoms with Crippen LogP contribution in [0.5, 0.6) is 0 Å². The van der Waals surface area contributed by atoms with Crippen molar-refractivity contribution in [1.82, 2.24) is 4.98 Å². The second kappa shape index (κ2) is 5.73. The van der Waals surface area contributed by atoms with Crippen molar-refractivity contribution >= 4 is 26.7 Å². The lowest BCUT2D eigenvalue weighted by atomic mass is 9.97. The van der Waals surface area contributed by atoms with E-state index in [1.165, 1.54) is 0 Å². The van der Waals surface area contributed by atoms with Crippen LogP contribution < -0.4 is 0 Å². The fourth-order valence-corrected chi connectivity index (χ4v) is 2.87. The summed E-state index contributed by atoms with van der Waals surface area (Å²) in [6, 6.07) is 15.9. The van der Waals surface area contributed by atoms with E-state index in [0.29, 0.717) is 6.42 Å². The van der Waals surface area contributed by atoms with Gasteiger partial charge in [-0.3, -0.25) is 4.98 Å². The Morgan fingerprint density at radius 3 is 2.75 bits per heavy atom. The highest BCUT2D eigenvalue weighted by Crippen LogP contribution is 2.28. The van der Waals surface area contributed by atoms with Crippen LogP contribution in [0.15, 0.2) is 65.4 Å². The summed E-state index contributed by atoms with van der Waals surface area (Å²) in [5.41, 5.74) is 2.05. The third kappa shape index (κ3) is 2.60. The Hall–Kier alpha value is -1.71. The van der Waals surface area contributed by atoms with Gasteiger partial charge in [-0.2, -0.15) is 0 Å². The average Bonchev–Trinajstić information content (AvgIpc) is 2.49. The molecule has 0 aliphatic rings. The number of aliphatic hydroxyl groups excluding tert-OH is 1. The van der Waals surface area contributed by atoms with Gasteiger partial charge in [0.15, 0.2) is 0 Å². The summed E-state index contributed by atoms with van der Waals surface area (Å²) in [5.74, 6) is 0. The van der Waals surface area contributed by atoms with E-state index in [9.17, 15) is 5.11 Å². The number of benzene rings is 2. The molecular weight excluding hydrogens is 314 g/mol. The molecule has 0 amide bonds. The molecule has 1 atom stereocenters. The van der Waals surface area contributed by atoms with Crippen LogP contribution in [0, 0.1) is 0 Å². The fraction of sp³-hybridized carbons (Fsp3) is 0.118. The van der Waals surface area contributed by atoms with Crippen LogP contribution >= 0.6 is 15.9 Å². The molecular formula is C17H14BrNO. The molecule has 0 spiro atoms. The number of halogens is 1. The van der Waals surface area contributed by atoms with Crippen LogP contribution in [-0.4, -0.2) is 10.1 Å². The number of hydrogen-bond acceptors (Lipinski definition) is 2. The van der Waals surface area contributed by atoms with Crippen molar-refractivity contribution in [2.45, 2.75) is 12.5 Å². The highest BCUT2D eigenvalue weighted by Gasteiger charge is 2.13. The maximum Gasteiger partial charge on any atom is 0.0836 e. The molecule has 0 fully saturated rings. The average molecular weight is 328 g/mol. The van der Waals surface area contributed by atoms with Gasteiger partial charge in [0.1, 0.15) is 0 Å². The zero-order valence-corrected chi connectivity index (χ0v) is 12.4. The van der Waals surface area contributed by atoms with Crippen molar-refractivity contribution < 1.29 is 5.11 Å². The van der Waals surface area contributed by atoms with Gasteiger partial charge in [0.25, 0.3) is 0 Å². The number of nitrogens with zero attached hydrogens (tertiary/aromatic N) is 1. The lowest BCUT2D eigenvalue weighted by Crippen LogP contribution is -2.03. The Labute approximate surface area is 126 Å². The van der Waals surface area contributed by atoms with Crippen molar-refractivity contribution in [1.29, 1.82) is 0 Å².